The molecule has 0 saturated heterocycles. The first-order chi connectivity index (χ1) is 11.8. The molecular weight excluding hydrogens is 341 g/mol. The Labute approximate surface area is 150 Å². The van der Waals surface area contributed by atoms with Gasteiger partial charge in [0.15, 0.2) is 6.10 Å². The molecule has 0 aromatic heterocycles. The second kappa shape index (κ2) is 8.67. The van der Waals surface area contributed by atoms with Gasteiger partial charge in [-0.1, -0.05) is 17.7 Å². The molecule has 132 valence electrons. The third-order valence-corrected chi connectivity index (χ3v) is 4.61. The number of carbonyl (C=O) groups excluding carboxylic acids is 2. The quantitative estimate of drug-likeness (QED) is 0.622. The van der Waals surface area contributed by atoms with Crippen molar-refractivity contribution < 1.29 is 18.7 Å². The Bertz CT molecular complexity index is 762. The molecular formula is C19H20FNO3S. The lowest BCUT2D eigenvalue weighted by molar-refractivity contribution is -0.150. The second-order valence-corrected chi connectivity index (χ2v) is 6.70. The highest BCUT2D eigenvalue weighted by Gasteiger charge is 2.18. The van der Waals surface area contributed by atoms with E-state index >= 15 is 0 Å². The number of aryl methyl sites for hydroxylation is 2. The molecule has 0 aliphatic heterocycles. The molecule has 2 aromatic rings. The lowest BCUT2D eigenvalue weighted by Gasteiger charge is -2.14. The van der Waals surface area contributed by atoms with Crippen molar-refractivity contribution in [1.82, 2.24) is 0 Å². The van der Waals surface area contributed by atoms with Crippen LogP contribution in [0.3, 0.4) is 0 Å². The van der Waals surface area contributed by atoms with Crippen LogP contribution in [0.2, 0.25) is 0 Å². The number of esters is 1. The van der Waals surface area contributed by atoms with Gasteiger partial charge in [-0.25, -0.2) is 4.39 Å². The van der Waals surface area contributed by atoms with Gasteiger partial charge in [-0.3, -0.25) is 9.59 Å². The zero-order valence-electron chi connectivity index (χ0n) is 14.3. The minimum atomic E-state index is -0.934. The van der Waals surface area contributed by atoms with Gasteiger partial charge in [0.05, 0.1) is 5.75 Å². The number of anilines is 1. The van der Waals surface area contributed by atoms with E-state index in [2.05, 4.69) is 5.32 Å². The van der Waals surface area contributed by atoms with Gasteiger partial charge in [0.1, 0.15) is 5.82 Å². The number of amides is 1. The molecule has 2 aromatic carbocycles. The number of carbonyl (C=O) groups is 2. The highest BCUT2D eigenvalue weighted by molar-refractivity contribution is 8.00. The first-order valence-corrected chi connectivity index (χ1v) is 8.79. The molecule has 1 N–H and O–H groups in total. The van der Waals surface area contributed by atoms with Gasteiger partial charge in [0.25, 0.3) is 5.91 Å². The van der Waals surface area contributed by atoms with Gasteiger partial charge in [0, 0.05) is 10.6 Å². The number of hydrogen-bond donors (Lipinski definition) is 1. The maximum atomic E-state index is 12.8. The van der Waals surface area contributed by atoms with Gasteiger partial charge in [-0.15, -0.1) is 11.8 Å². The Kier molecular flexibility index (Phi) is 6.58. The molecule has 25 heavy (non-hydrogen) atoms. The third-order valence-electron chi connectivity index (χ3n) is 3.48. The summed E-state index contributed by atoms with van der Waals surface area (Å²) in [6.45, 7) is 5.47. The number of nitrogens with one attached hydrogen (secondary N) is 1. The van der Waals surface area contributed by atoms with E-state index in [0.717, 1.165) is 16.0 Å². The maximum absolute atomic E-state index is 12.8. The number of ether oxygens (including phenoxy) is 1. The number of benzene rings is 2. The smallest absolute Gasteiger partial charge is 0.317 e. The Morgan fingerprint density at radius 1 is 1.16 bits per heavy atom. The van der Waals surface area contributed by atoms with Crippen LogP contribution in [-0.2, 0) is 14.3 Å². The molecule has 0 bridgehead atoms. The number of hydrogen-bond acceptors (Lipinski definition) is 4. The molecule has 0 spiro atoms. The maximum Gasteiger partial charge on any atom is 0.317 e. The first-order valence-electron chi connectivity index (χ1n) is 7.81. The number of thioether (sulfide) groups is 1. The SMILES string of the molecule is Cc1ccc(C)c(SCC(=O)OC(C)C(=O)Nc2ccc(F)cc2)c1. The standard InChI is InChI=1S/C19H20FNO3S/c1-12-4-5-13(2)17(10-12)25-11-18(22)24-14(3)19(23)21-16-8-6-15(20)7-9-16/h4-10,14H,11H2,1-3H3,(H,21,23). The highest BCUT2D eigenvalue weighted by atomic mass is 32.2. The van der Waals surface area contributed by atoms with Gasteiger partial charge in [-0.2, -0.15) is 0 Å². The highest BCUT2D eigenvalue weighted by Crippen LogP contribution is 2.23. The van der Waals surface area contributed by atoms with E-state index in [1.807, 2.05) is 32.0 Å². The zero-order valence-corrected chi connectivity index (χ0v) is 15.2. The summed E-state index contributed by atoms with van der Waals surface area (Å²) in [4.78, 5) is 25.0. The van der Waals surface area contributed by atoms with E-state index in [4.69, 9.17) is 4.74 Å². The van der Waals surface area contributed by atoms with Crippen LogP contribution in [0.15, 0.2) is 47.4 Å². The van der Waals surface area contributed by atoms with Crippen LogP contribution in [0.5, 0.6) is 0 Å². The van der Waals surface area contributed by atoms with E-state index < -0.39 is 18.0 Å². The predicted molar refractivity (Wildman–Crippen MR) is 97.2 cm³/mol. The Balaban J connectivity index is 1.83. The zero-order chi connectivity index (χ0) is 18.4. The van der Waals surface area contributed by atoms with Crippen molar-refractivity contribution in [3.05, 3.63) is 59.4 Å². The predicted octanol–water partition coefficient (Wildman–Crippen LogP) is 4.11. The lowest BCUT2D eigenvalue weighted by atomic mass is 10.2. The topological polar surface area (TPSA) is 55.4 Å². The van der Waals surface area contributed by atoms with Gasteiger partial charge >= 0.3 is 5.97 Å². The summed E-state index contributed by atoms with van der Waals surface area (Å²) in [7, 11) is 0. The molecule has 1 amide bonds. The van der Waals surface area contributed by atoms with Crippen molar-refractivity contribution in [3.63, 3.8) is 0 Å². The van der Waals surface area contributed by atoms with Crippen LogP contribution in [0.25, 0.3) is 0 Å². The summed E-state index contributed by atoms with van der Waals surface area (Å²) in [5.41, 5.74) is 2.65. The summed E-state index contributed by atoms with van der Waals surface area (Å²) in [6.07, 6.45) is -0.934. The van der Waals surface area contributed by atoms with E-state index in [0.29, 0.717) is 5.69 Å². The van der Waals surface area contributed by atoms with Crippen LogP contribution < -0.4 is 5.32 Å². The van der Waals surface area contributed by atoms with Crippen molar-refractivity contribution in [3.8, 4) is 0 Å². The summed E-state index contributed by atoms with van der Waals surface area (Å²) in [5, 5.41) is 2.58. The van der Waals surface area contributed by atoms with E-state index in [1.54, 1.807) is 0 Å². The molecule has 0 fully saturated rings. The minimum Gasteiger partial charge on any atom is -0.452 e. The van der Waals surface area contributed by atoms with E-state index in [1.165, 1.54) is 43.0 Å². The Hall–Kier alpha value is -2.34. The number of rotatable bonds is 6. The Morgan fingerprint density at radius 2 is 1.84 bits per heavy atom. The average molecular weight is 361 g/mol. The molecule has 0 heterocycles. The lowest BCUT2D eigenvalue weighted by Crippen LogP contribution is -2.30. The van der Waals surface area contributed by atoms with Gasteiger partial charge in [0.2, 0.25) is 0 Å². The van der Waals surface area contributed by atoms with Crippen LogP contribution in [0, 0.1) is 19.7 Å². The van der Waals surface area contributed by atoms with Crippen LogP contribution >= 0.6 is 11.8 Å². The summed E-state index contributed by atoms with van der Waals surface area (Å²) < 4.78 is 18.0. The third kappa shape index (κ3) is 5.90. The summed E-state index contributed by atoms with van der Waals surface area (Å²) >= 11 is 1.38. The molecule has 1 unspecified atom stereocenters. The fourth-order valence-electron chi connectivity index (χ4n) is 2.06. The van der Waals surface area contributed by atoms with Crippen molar-refractivity contribution >= 4 is 29.3 Å². The normalized spacial score (nSPS) is 11.7. The molecule has 2 rings (SSSR count). The molecule has 0 aliphatic carbocycles. The summed E-state index contributed by atoms with van der Waals surface area (Å²) in [5.74, 6) is -1.19. The van der Waals surface area contributed by atoms with Crippen molar-refractivity contribution in [2.75, 3.05) is 11.1 Å². The fraction of sp³-hybridized carbons (Fsp3) is 0.263. The largest absolute Gasteiger partial charge is 0.452 e. The van der Waals surface area contributed by atoms with E-state index in [9.17, 15) is 14.0 Å². The van der Waals surface area contributed by atoms with Crippen molar-refractivity contribution in [1.29, 1.82) is 0 Å². The van der Waals surface area contributed by atoms with Crippen molar-refractivity contribution in [2.24, 2.45) is 0 Å². The van der Waals surface area contributed by atoms with Crippen LogP contribution in [0.4, 0.5) is 10.1 Å². The fourth-order valence-corrected chi connectivity index (χ4v) is 2.97. The summed E-state index contributed by atoms with van der Waals surface area (Å²) in [6, 6.07) is 11.4. The first kappa shape index (κ1) is 19.0. The van der Waals surface area contributed by atoms with Gasteiger partial charge < -0.3 is 10.1 Å². The van der Waals surface area contributed by atoms with Crippen molar-refractivity contribution in [2.45, 2.75) is 31.8 Å². The molecule has 0 radical (unpaired) electrons. The molecule has 0 aliphatic rings. The Morgan fingerprint density at radius 3 is 2.52 bits per heavy atom. The van der Waals surface area contributed by atoms with Crippen LogP contribution in [0.1, 0.15) is 18.1 Å². The molecule has 0 saturated carbocycles. The molecule has 6 heteroatoms. The van der Waals surface area contributed by atoms with Gasteiger partial charge in [-0.05, 0) is 56.7 Å². The monoisotopic (exact) mass is 361 g/mol. The number of halogens is 1. The second-order valence-electron chi connectivity index (χ2n) is 5.69. The average Bonchev–Trinajstić information content (AvgIpc) is 2.57. The molecule has 4 nitrogen and oxygen atoms in total. The minimum absolute atomic E-state index is 0.123. The van der Waals surface area contributed by atoms with Crippen LogP contribution in [-0.4, -0.2) is 23.7 Å². The molecule has 1 atom stereocenters. The van der Waals surface area contributed by atoms with E-state index in [-0.39, 0.29) is 11.6 Å².